The van der Waals surface area contributed by atoms with Crippen molar-refractivity contribution >= 4 is 29.3 Å². The first-order valence-corrected chi connectivity index (χ1v) is 9.82. The van der Waals surface area contributed by atoms with Crippen molar-refractivity contribution in [1.82, 2.24) is 4.90 Å². The first-order valence-electron chi connectivity index (χ1n) is 8.66. The smallest absolute Gasteiger partial charge is 0.255 e. The standard InChI is InChI=1S/C22H24N2O2S/c1-3-14-24(15-4-2)21(25)17-27-16-18-10-12-19(13-11-18)22(26)23-20-8-6-5-7-9-20/h3-13H,1-2,14-17H2,(H,23,26). The molecular formula is C22H24N2O2S. The van der Waals surface area contributed by atoms with Gasteiger partial charge in [-0.2, -0.15) is 0 Å². The van der Waals surface area contributed by atoms with Crippen LogP contribution < -0.4 is 5.32 Å². The van der Waals surface area contributed by atoms with E-state index >= 15 is 0 Å². The van der Waals surface area contributed by atoms with E-state index in [-0.39, 0.29) is 11.8 Å². The summed E-state index contributed by atoms with van der Waals surface area (Å²) in [5.41, 5.74) is 2.44. The lowest BCUT2D eigenvalue weighted by Gasteiger charge is -2.18. The summed E-state index contributed by atoms with van der Waals surface area (Å²) >= 11 is 1.55. The van der Waals surface area contributed by atoms with Crippen LogP contribution in [0.5, 0.6) is 0 Å². The molecule has 0 radical (unpaired) electrons. The Hall–Kier alpha value is -2.79. The molecule has 0 saturated heterocycles. The summed E-state index contributed by atoms with van der Waals surface area (Å²) in [6.07, 6.45) is 3.43. The fourth-order valence-electron chi connectivity index (χ4n) is 2.41. The number of hydrogen-bond donors (Lipinski definition) is 1. The summed E-state index contributed by atoms with van der Waals surface area (Å²) in [6, 6.07) is 16.8. The lowest BCUT2D eigenvalue weighted by molar-refractivity contribution is -0.127. The fourth-order valence-corrected chi connectivity index (χ4v) is 3.30. The molecule has 0 aliphatic carbocycles. The molecule has 2 aromatic rings. The number of anilines is 1. The minimum Gasteiger partial charge on any atom is -0.335 e. The first-order chi connectivity index (χ1) is 13.1. The summed E-state index contributed by atoms with van der Waals surface area (Å²) in [7, 11) is 0. The average molecular weight is 381 g/mol. The molecule has 0 unspecified atom stereocenters. The molecule has 2 amide bonds. The van der Waals surface area contributed by atoms with E-state index in [0.717, 1.165) is 11.3 Å². The van der Waals surface area contributed by atoms with Crippen LogP contribution in [0, 0.1) is 0 Å². The van der Waals surface area contributed by atoms with Gasteiger partial charge in [-0.15, -0.1) is 24.9 Å². The molecule has 27 heavy (non-hydrogen) atoms. The monoisotopic (exact) mass is 380 g/mol. The van der Waals surface area contributed by atoms with Gasteiger partial charge in [-0.1, -0.05) is 42.5 Å². The Balaban J connectivity index is 1.83. The predicted octanol–water partition coefficient (Wildman–Crippen LogP) is 4.37. The highest BCUT2D eigenvalue weighted by molar-refractivity contribution is 7.99. The van der Waals surface area contributed by atoms with Crippen LogP contribution in [0.2, 0.25) is 0 Å². The zero-order valence-corrected chi connectivity index (χ0v) is 16.1. The van der Waals surface area contributed by atoms with Crippen LogP contribution in [0.1, 0.15) is 15.9 Å². The van der Waals surface area contributed by atoms with E-state index in [1.807, 2.05) is 42.5 Å². The molecule has 0 aliphatic heterocycles. The van der Waals surface area contributed by atoms with Crippen molar-refractivity contribution in [2.45, 2.75) is 5.75 Å². The molecule has 140 valence electrons. The summed E-state index contributed by atoms with van der Waals surface area (Å²) in [5, 5.41) is 2.86. The van der Waals surface area contributed by atoms with Crippen LogP contribution >= 0.6 is 11.8 Å². The Labute approximate surface area is 165 Å². The normalized spacial score (nSPS) is 10.1. The first kappa shape index (κ1) is 20.5. The van der Waals surface area contributed by atoms with Crippen molar-refractivity contribution in [3.8, 4) is 0 Å². The number of thioether (sulfide) groups is 1. The van der Waals surface area contributed by atoms with Crippen LogP contribution in [0.3, 0.4) is 0 Å². The van der Waals surface area contributed by atoms with Gasteiger partial charge in [-0.05, 0) is 29.8 Å². The zero-order valence-electron chi connectivity index (χ0n) is 15.3. The summed E-state index contributed by atoms with van der Waals surface area (Å²) in [5.74, 6) is 1.04. The highest BCUT2D eigenvalue weighted by Gasteiger charge is 2.11. The number of nitrogens with one attached hydrogen (secondary N) is 1. The van der Waals surface area contributed by atoms with Gasteiger partial charge in [-0.25, -0.2) is 0 Å². The van der Waals surface area contributed by atoms with E-state index in [1.54, 1.807) is 40.9 Å². The van der Waals surface area contributed by atoms with Crippen LogP contribution in [-0.4, -0.2) is 35.6 Å². The minimum absolute atomic E-state index is 0.0682. The molecule has 0 atom stereocenters. The number of carbonyl (C=O) groups is 2. The molecule has 0 saturated carbocycles. The molecule has 0 bridgehead atoms. The third-order valence-electron chi connectivity index (χ3n) is 3.79. The van der Waals surface area contributed by atoms with Crippen molar-refractivity contribution in [1.29, 1.82) is 0 Å². The SMILES string of the molecule is C=CCN(CC=C)C(=O)CSCc1ccc(C(=O)Nc2ccccc2)cc1. The van der Waals surface area contributed by atoms with Crippen LogP contribution in [-0.2, 0) is 10.5 Å². The van der Waals surface area contributed by atoms with Crippen molar-refractivity contribution in [2.75, 3.05) is 24.2 Å². The molecule has 0 heterocycles. The van der Waals surface area contributed by atoms with Gasteiger partial charge in [0, 0.05) is 30.1 Å². The van der Waals surface area contributed by atoms with Gasteiger partial charge in [0.15, 0.2) is 0 Å². The number of nitrogens with zero attached hydrogens (tertiary/aromatic N) is 1. The van der Waals surface area contributed by atoms with E-state index < -0.39 is 0 Å². The fraction of sp³-hybridized carbons (Fsp3) is 0.182. The van der Waals surface area contributed by atoms with Gasteiger partial charge in [-0.3, -0.25) is 9.59 Å². The second kappa shape index (κ2) is 11.0. The average Bonchev–Trinajstić information content (AvgIpc) is 2.69. The van der Waals surface area contributed by atoms with E-state index in [9.17, 15) is 9.59 Å². The van der Waals surface area contributed by atoms with Gasteiger partial charge in [0.1, 0.15) is 0 Å². The van der Waals surface area contributed by atoms with Crippen LogP contribution in [0.25, 0.3) is 0 Å². The number of hydrogen-bond acceptors (Lipinski definition) is 3. The number of benzene rings is 2. The molecule has 0 spiro atoms. The molecule has 2 rings (SSSR count). The van der Waals surface area contributed by atoms with E-state index in [0.29, 0.717) is 30.2 Å². The highest BCUT2D eigenvalue weighted by atomic mass is 32.2. The quantitative estimate of drug-likeness (QED) is 0.623. The Morgan fingerprint density at radius 2 is 1.59 bits per heavy atom. The highest BCUT2D eigenvalue weighted by Crippen LogP contribution is 2.15. The largest absolute Gasteiger partial charge is 0.335 e. The maximum atomic E-state index is 12.2. The van der Waals surface area contributed by atoms with Crippen molar-refractivity contribution in [3.63, 3.8) is 0 Å². The lowest BCUT2D eigenvalue weighted by atomic mass is 10.1. The molecule has 0 aliphatic rings. The maximum Gasteiger partial charge on any atom is 0.255 e. The molecule has 0 aromatic heterocycles. The molecule has 0 fully saturated rings. The Morgan fingerprint density at radius 1 is 0.963 bits per heavy atom. The number of carbonyl (C=O) groups excluding carboxylic acids is 2. The predicted molar refractivity (Wildman–Crippen MR) is 114 cm³/mol. The van der Waals surface area contributed by atoms with E-state index in [2.05, 4.69) is 18.5 Å². The molecule has 2 aromatic carbocycles. The number of para-hydroxylation sites is 1. The topological polar surface area (TPSA) is 49.4 Å². The lowest BCUT2D eigenvalue weighted by Crippen LogP contribution is -2.32. The molecule has 1 N–H and O–H groups in total. The summed E-state index contributed by atoms with van der Waals surface area (Å²) in [4.78, 5) is 26.1. The maximum absolute atomic E-state index is 12.2. The minimum atomic E-state index is -0.139. The van der Waals surface area contributed by atoms with Crippen molar-refractivity contribution < 1.29 is 9.59 Å². The van der Waals surface area contributed by atoms with Gasteiger partial charge in [0.25, 0.3) is 5.91 Å². The van der Waals surface area contributed by atoms with Gasteiger partial charge in [0.2, 0.25) is 5.91 Å². The number of rotatable bonds is 10. The van der Waals surface area contributed by atoms with Crippen LogP contribution in [0.4, 0.5) is 5.69 Å². The second-order valence-corrected chi connectivity index (χ2v) is 6.87. The summed E-state index contributed by atoms with van der Waals surface area (Å²) < 4.78 is 0. The van der Waals surface area contributed by atoms with Gasteiger partial charge < -0.3 is 10.2 Å². The van der Waals surface area contributed by atoms with Gasteiger partial charge in [0.05, 0.1) is 5.75 Å². The van der Waals surface area contributed by atoms with E-state index in [1.165, 1.54) is 0 Å². The van der Waals surface area contributed by atoms with Crippen LogP contribution in [0.15, 0.2) is 79.9 Å². The second-order valence-electron chi connectivity index (χ2n) is 5.89. The third kappa shape index (κ3) is 6.79. The molecule has 4 nitrogen and oxygen atoms in total. The zero-order chi connectivity index (χ0) is 19.5. The van der Waals surface area contributed by atoms with Gasteiger partial charge >= 0.3 is 0 Å². The Kier molecular flexibility index (Phi) is 8.39. The molecular weight excluding hydrogens is 356 g/mol. The Bertz CT molecular complexity index is 763. The van der Waals surface area contributed by atoms with Crippen molar-refractivity contribution in [3.05, 3.63) is 91.0 Å². The van der Waals surface area contributed by atoms with E-state index in [4.69, 9.17) is 0 Å². The summed E-state index contributed by atoms with van der Waals surface area (Å²) in [6.45, 7) is 8.40. The third-order valence-corrected chi connectivity index (χ3v) is 4.78. The van der Waals surface area contributed by atoms with Crippen molar-refractivity contribution in [2.24, 2.45) is 0 Å². The molecule has 5 heteroatoms. The number of amides is 2. The Morgan fingerprint density at radius 3 is 2.19 bits per heavy atom.